The van der Waals surface area contributed by atoms with Gasteiger partial charge in [0.15, 0.2) is 0 Å². The molecule has 0 saturated heterocycles. The van der Waals surface area contributed by atoms with Crippen LogP contribution >= 0.6 is 12.4 Å². The van der Waals surface area contributed by atoms with Crippen molar-refractivity contribution in [3.63, 3.8) is 0 Å². The standard InChI is InChI=1S/C12H16F3NO.ClH/c1-7(2)8-4-5-10(17-3)9(6-8)11(16)12(13,14)15;/h4-7,11H,16H2,1-3H3;1H/t11-;/m1./s1. The van der Waals surface area contributed by atoms with Crippen LogP contribution in [0.3, 0.4) is 0 Å². The summed E-state index contributed by atoms with van der Waals surface area (Å²) in [7, 11) is 1.33. The Bertz CT molecular complexity index is 393. The number of halogens is 4. The fourth-order valence-electron chi connectivity index (χ4n) is 1.53. The van der Waals surface area contributed by atoms with Crippen LogP contribution < -0.4 is 10.5 Å². The monoisotopic (exact) mass is 283 g/mol. The molecular formula is C12H17ClF3NO. The van der Waals surface area contributed by atoms with E-state index in [9.17, 15) is 13.2 Å². The number of rotatable bonds is 3. The Morgan fingerprint density at radius 1 is 1.22 bits per heavy atom. The number of alkyl halides is 3. The molecule has 1 rings (SSSR count). The normalized spacial score (nSPS) is 13.1. The van der Waals surface area contributed by atoms with Gasteiger partial charge in [-0.15, -0.1) is 12.4 Å². The van der Waals surface area contributed by atoms with E-state index >= 15 is 0 Å². The molecule has 0 spiro atoms. The Kier molecular flexibility index (Phi) is 5.96. The van der Waals surface area contributed by atoms with Crippen molar-refractivity contribution in [3.05, 3.63) is 29.3 Å². The molecule has 2 N–H and O–H groups in total. The van der Waals surface area contributed by atoms with Gasteiger partial charge in [-0.05, 0) is 23.6 Å². The third kappa shape index (κ3) is 3.78. The first-order valence-electron chi connectivity index (χ1n) is 5.27. The maximum absolute atomic E-state index is 12.6. The van der Waals surface area contributed by atoms with Gasteiger partial charge in [0.2, 0.25) is 0 Å². The average Bonchev–Trinajstić information content (AvgIpc) is 2.25. The van der Waals surface area contributed by atoms with E-state index in [-0.39, 0.29) is 29.6 Å². The van der Waals surface area contributed by atoms with Crippen molar-refractivity contribution in [1.82, 2.24) is 0 Å². The number of ether oxygens (including phenoxy) is 1. The summed E-state index contributed by atoms with van der Waals surface area (Å²) in [6.45, 7) is 3.81. The number of nitrogens with two attached hydrogens (primary N) is 1. The molecule has 0 saturated carbocycles. The first-order valence-corrected chi connectivity index (χ1v) is 5.27. The van der Waals surface area contributed by atoms with E-state index in [1.165, 1.54) is 19.2 Å². The van der Waals surface area contributed by atoms with Gasteiger partial charge < -0.3 is 10.5 Å². The molecule has 0 aromatic heterocycles. The number of methoxy groups -OCH3 is 1. The molecular weight excluding hydrogens is 267 g/mol. The third-order valence-electron chi connectivity index (χ3n) is 2.61. The largest absolute Gasteiger partial charge is 0.496 e. The van der Waals surface area contributed by atoms with Crippen molar-refractivity contribution < 1.29 is 17.9 Å². The van der Waals surface area contributed by atoms with Crippen LogP contribution in [0.25, 0.3) is 0 Å². The molecule has 0 amide bonds. The molecule has 104 valence electrons. The lowest BCUT2D eigenvalue weighted by Crippen LogP contribution is -2.29. The minimum absolute atomic E-state index is 0. The second kappa shape index (κ2) is 6.29. The van der Waals surface area contributed by atoms with Gasteiger partial charge in [0.05, 0.1) is 7.11 Å². The zero-order valence-electron chi connectivity index (χ0n) is 10.4. The highest BCUT2D eigenvalue weighted by Gasteiger charge is 2.39. The maximum Gasteiger partial charge on any atom is 0.407 e. The summed E-state index contributed by atoms with van der Waals surface area (Å²) in [5.74, 6) is 0.305. The van der Waals surface area contributed by atoms with Gasteiger partial charge in [-0.1, -0.05) is 19.9 Å². The SMILES string of the molecule is COc1ccc(C(C)C)cc1[C@@H](N)C(F)(F)F.Cl. The van der Waals surface area contributed by atoms with Crippen LogP contribution in [0.2, 0.25) is 0 Å². The number of hydrogen-bond acceptors (Lipinski definition) is 2. The second-order valence-corrected chi connectivity index (χ2v) is 4.18. The van der Waals surface area contributed by atoms with Gasteiger partial charge in [0.25, 0.3) is 0 Å². The van der Waals surface area contributed by atoms with Crippen LogP contribution in [0.15, 0.2) is 18.2 Å². The van der Waals surface area contributed by atoms with Gasteiger partial charge in [-0.25, -0.2) is 0 Å². The molecule has 0 aliphatic carbocycles. The highest BCUT2D eigenvalue weighted by molar-refractivity contribution is 5.85. The molecule has 18 heavy (non-hydrogen) atoms. The lowest BCUT2D eigenvalue weighted by Gasteiger charge is -2.20. The predicted octanol–water partition coefficient (Wildman–Crippen LogP) is 3.80. The fraction of sp³-hybridized carbons (Fsp3) is 0.500. The molecule has 1 aromatic rings. The minimum Gasteiger partial charge on any atom is -0.496 e. The molecule has 0 heterocycles. The van der Waals surface area contributed by atoms with Gasteiger partial charge in [-0.3, -0.25) is 0 Å². The smallest absolute Gasteiger partial charge is 0.407 e. The van der Waals surface area contributed by atoms with Crippen molar-refractivity contribution in [2.45, 2.75) is 32.0 Å². The highest BCUT2D eigenvalue weighted by atomic mass is 35.5. The predicted molar refractivity (Wildman–Crippen MR) is 67.3 cm³/mol. The van der Waals surface area contributed by atoms with E-state index in [0.29, 0.717) is 0 Å². The maximum atomic E-state index is 12.6. The lowest BCUT2D eigenvalue weighted by atomic mass is 9.97. The molecule has 0 aliphatic heterocycles. The summed E-state index contributed by atoms with van der Waals surface area (Å²) < 4.78 is 42.7. The summed E-state index contributed by atoms with van der Waals surface area (Å²) in [6.07, 6.45) is -4.47. The third-order valence-corrected chi connectivity index (χ3v) is 2.61. The molecule has 0 bridgehead atoms. The molecule has 1 atom stereocenters. The number of benzene rings is 1. The van der Waals surface area contributed by atoms with Crippen LogP contribution in [-0.4, -0.2) is 13.3 Å². The minimum atomic E-state index is -4.47. The molecule has 0 fully saturated rings. The van der Waals surface area contributed by atoms with Crippen LogP contribution in [0.1, 0.15) is 36.9 Å². The topological polar surface area (TPSA) is 35.2 Å². The molecule has 6 heteroatoms. The molecule has 2 nitrogen and oxygen atoms in total. The van der Waals surface area contributed by atoms with Crippen molar-refractivity contribution in [3.8, 4) is 5.75 Å². The Labute approximate surface area is 111 Å². The van der Waals surface area contributed by atoms with Crippen LogP contribution in [0, 0.1) is 0 Å². The summed E-state index contributed by atoms with van der Waals surface area (Å²) in [5.41, 5.74) is 6.00. The van der Waals surface area contributed by atoms with E-state index < -0.39 is 12.2 Å². The Morgan fingerprint density at radius 3 is 2.17 bits per heavy atom. The van der Waals surface area contributed by atoms with Crippen molar-refractivity contribution >= 4 is 12.4 Å². The molecule has 1 aromatic carbocycles. The highest BCUT2D eigenvalue weighted by Crippen LogP contribution is 2.36. The lowest BCUT2D eigenvalue weighted by molar-refractivity contribution is -0.149. The Balaban J connectivity index is 0.00000289. The van der Waals surface area contributed by atoms with Crippen molar-refractivity contribution in [2.24, 2.45) is 5.73 Å². The quantitative estimate of drug-likeness (QED) is 0.916. The summed E-state index contributed by atoms with van der Waals surface area (Å²) in [4.78, 5) is 0. The van der Waals surface area contributed by atoms with Gasteiger partial charge in [0.1, 0.15) is 11.8 Å². The second-order valence-electron chi connectivity index (χ2n) is 4.18. The van der Waals surface area contributed by atoms with E-state index in [0.717, 1.165) is 5.56 Å². The van der Waals surface area contributed by atoms with Gasteiger partial charge >= 0.3 is 6.18 Å². The van der Waals surface area contributed by atoms with E-state index in [2.05, 4.69) is 0 Å². The van der Waals surface area contributed by atoms with Crippen LogP contribution in [0.4, 0.5) is 13.2 Å². The summed E-state index contributed by atoms with van der Waals surface area (Å²) in [5, 5.41) is 0. The van der Waals surface area contributed by atoms with Crippen LogP contribution in [-0.2, 0) is 0 Å². The summed E-state index contributed by atoms with van der Waals surface area (Å²) >= 11 is 0. The first-order chi connectivity index (χ1) is 7.77. The zero-order chi connectivity index (χ0) is 13.2. The van der Waals surface area contributed by atoms with E-state index in [1.54, 1.807) is 6.07 Å². The van der Waals surface area contributed by atoms with Gasteiger partial charge in [0, 0.05) is 5.56 Å². The molecule has 0 unspecified atom stereocenters. The Hall–Kier alpha value is -0.940. The first kappa shape index (κ1) is 17.1. The summed E-state index contributed by atoms with van der Waals surface area (Å²) in [6, 6.07) is 2.71. The zero-order valence-corrected chi connectivity index (χ0v) is 11.2. The van der Waals surface area contributed by atoms with Crippen LogP contribution in [0.5, 0.6) is 5.75 Å². The Morgan fingerprint density at radius 2 is 1.78 bits per heavy atom. The van der Waals surface area contributed by atoms with E-state index in [4.69, 9.17) is 10.5 Å². The average molecular weight is 284 g/mol. The number of hydrogen-bond donors (Lipinski definition) is 1. The van der Waals surface area contributed by atoms with Gasteiger partial charge in [-0.2, -0.15) is 13.2 Å². The molecule has 0 aliphatic rings. The van der Waals surface area contributed by atoms with E-state index in [1.807, 2.05) is 13.8 Å². The molecule has 0 radical (unpaired) electrons. The fourth-order valence-corrected chi connectivity index (χ4v) is 1.53. The van der Waals surface area contributed by atoms with Crippen molar-refractivity contribution in [2.75, 3.05) is 7.11 Å². The van der Waals surface area contributed by atoms with Crippen molar-refractivity contribution in [1.29, 1.82) is 0 Å².